The summed E-state index contributed by atoms with van der Waals surface area (Å²) < 4.78 is 49.5. The van der Waals surface area contributed by atoms with Crippen molar-refractivity contribution in [3.05, 3.63) is 94.8 Å². The summed E-state index contributed by atoms with van der Waals surface area (Å²) in [5.41, 5.74) is 11.8. The van der Waals surface area contributed by atoms with Gasteiger partial charge in [0.15, 0.2) is 16.7 Å². The molecule has 4 rings (SSSR count). The van der Waals surface area contributed by atoms with Gasteiger partial charge in [0, 0.05) is 23.5 Å². The highest BCUT2D eigenvalue weighted by Crippen LogP contribution is 2.19. The summed E-state index contributed by atoms with van der Waals surface area (Å²) in [6, 6.07) is 10.5. The van der Waals surface area contributed by atoms with Gasteiger partial charge in [-0.1, -0.05) is 49.9 Å². The fraction of sp³-hybridized carbons (Fsp3) is 0.154. The van der Waals surface area contributed by atoms with Crippen LogP contribution in [0.3, 0.4) is 0 Å². The first-order valence-corrected chi connectivity index (χ1v) is 14.3. The second-order valence-corrected chi connectivity index (χ2v) is 11.3. The number of sulfone groups is 1. The summed E-state index contributed by atoms with van der Waals surface area (Å²) in [4.78, 5) is 39.7. The molecule has 2 heterocycles. The number of hydrogen-bond acceptors (Lipinski definition) is 11. The van der Waals surface area contributed by atoms with Gasteiger partial charge in [0.05, 0.1) is 16.9 Å². The van der Waals surface area contributed by atoms with Crippen molar-refractivity contribution >= 4 is 44.8 Å². The van der Waals surface area contributed by atoms with E-state index < -0.39 is 32.4 Å². The van der Waals surface area contributed by atoms with Crippen LogP contribution in [0.25, 0.3) is 0 Å². The van der Waals surface area contributed by atoms with E-state index in [0.717, 1.165) is 24.1 Å². The minimum absolute atomic E-state index is 0.0735. The van der Waals surface area contributed by atoms with Gasteiger partial charge in [0.2, 0.25) is 15.0 Å². The molecule has 0 bridgehead atoms. The maximum Gasteiger partial charge on any atom is 0.249 e. The fourth-order valence-corrected chi connectivity index (χ4v) is 4.41. The third-order valence-electron chi connectivity index (χ3n) is 5.19. The molecular weight excluding hydrogens is 562 g/mol. The van der Waals surface area contributed by atoms with Gasteiger partial charge in [-0.05, 0) is 30.0 Å². The van der Waals surface area contributed by atoms with Gasteiger partial charge < -0.3 is 11.5 Å². The molecule has 0 aliphatic carbocycles. The van der Waals surface area contributed by atoms with Crippen LogP contribution in [0.2, 0.25) is 0 Å². The first-order chi connectivity index (χ1) is 19.0. The number of ketones is 2. The smallest absolute Gasteiger partial charge is 0.249 e. The molecule has 0 spiro atoms. The van der Waals surface area contributed by atoms with Crippen LogP contribution in [0.15, 0.2) is 71.2 Å². The SMILES string of the molecule is CCS(=O)(=O)c1ncc(C(=O)c2cccc(F)c2)c(N)n1.CCSc1ncc(C(=O)c2cccc(F)c2)c(N)n1. The van der Waals surface area contributed by atoms with E-state index in [1.807, 2.05) is 6.92 Å². The van der Waals surface area contributed by atoms with Crippen molar-refractivity contribution in [3.63, 3.8) is 0 Å². The summed E-state index contributed by atoms with van der Waals surface area (Å²) in [6.07, 6.45) is 2.42. The lowest BCUT2D eigenvalue weighted by Gasteiger charge is -2.06. The van der Waals surface area contributed by atoms with Gasteiger partial charge in [-0.15, -0.1) is 0 Å². The van der Waals surface area contributed by atoms with E-state index in [1.165, 1.54) is 61.3 Å². The number of hydrogen-bond donors (Lipinski definition) is 2. The predicted molar refractivity (Wildman–Crippen MR) is 147 cm³/mol. The largest absolute Gasteiger partial charge is 0.383 e. The van der Waals surface area contributed by atoms with Crippen LogP contribution < -0.4 is 11.5 Å². The zero-order valence-corrected chi connectivity index (χ0v) is 23.0. The first-order valence-electron chi connectivity index (χ1n) is 11.7. The Morgan fingerprint density at radius 2 is 1.32 bits per heavy atom. The molecule has 0 atom stereocenters. The lowest BCUT2D eigenvalue weighted by atomic mass is 10.1. The normalized spacial score (nSPS) is 10.9. The topological polar surface area (TPSA) is 172 Å². The number of rotatable bonds is 8. The molecule has 0 amide bonds. The number of halogens is 2. The molecule has 208 valence electrons. The van der Waals surface area contributed by atoms with E-state index >= 15 is 0 Å². The monoisotopic (exact) mass is 586 g/mol. The Hall–Kier alpha value is -4.30. The maximum absolute atomic E-state index is 13.1. The molecule has 0 saturated heterocycles. The van der Waals surface area contributed by atoms with Crippen molar-refractivity contribution in [2.45, 2.75) is 24.2 Å². The molecule has 40 heavy (non-hydrogen) atoms. The zero-order valence-electron chi connectivity index (χ0n) is 21.3. The van der Waals surface area contributed by atoms with Crippen LogP contribution in [0.4, 0.5) is 20.4 Å². The average Bonchev–Trinajstić information content (AvgIpc) is 2.93. The Kier molecular flexibility index (Phi) is 9.96. The Bertz CT molecular complexity index is 1670. The van der Waals surface area contributed by atoms with Crippen LogP contribution in [-0.4, -0.2) is 51.4 Å². The molecule has 14 heteroatoms. The van der Waals surface area contributed by atoms with Gasteiger partial charge in [0.1, 0.15) is 23.3 Å². The van der Waals surface area contributed by atoms with Gasteiger partial charge in [0.25, 0.3) is 0 Å². The number of nitrogens with two attached hydrogens (primary N) is 2. The summed E-state index contributed by atoms with van der Waals surface area (Å²) >= 11 is 1.43. The number of carbonyl (C=O) groups excluding carboxylic acids is 2. The van der Waals surface area contributed by atoms with Crippen LogP contribution in [0.1, 0.15) is 45.7 Å². The second-order valence-electron chi connectivity index (χ2n) is 7.92. The van der Waals surface area contributed by atoms with Crippen molar-refractivity contribution in [2.24, 2.45) is 0 Å². The molecule has 0 aliphatic heterocycles. The van der Waals surface area contributed by atoms with E-state index in [-0.39, 0.29) is 45.4 Å². The Balaban J connectivity index is 0.000000222. The molecule has 4 aromatic rings. The van der Waals surface area contributed by atoms with Crippen molar-refractivity contribution in [3.8, 4) is 0 Å². The molecule has 0 saturated carbocycles. The molecule has 4 N–H and O–H groups in total. The van der Waals surface area contributed by atoms with Crippen LogP contribution in [0.5, 0.6) is 0 Å². The fourth-order valence-electron chi connectivity index (χ4n) is 3.15. The minimum Gasteiger partial charge on any atom is -0.383 e. The highest BCUT2D eigenvalue weighted by Gasteiger charge is 2.20. The van der Waals surface area contributed by atoms with Crippen molar-refractivity contribution < 1.29 is 26.8 Å². The molecule has 0 unspecified atom stereocenters. The number of benzene rings is 2. The quantitative estimate of drug-likeness (QED) is 0.175. The van der Waals surface area contributed by atoms with E-state index in [9.17, 15) is 26.8 Å². The second kappa shape index (κ2) is 13.2. The molecule has 10 nitrogen and oxygen atoms in total. The molecule has 2 aromatic carbocycles. The standard InChI is InChI=1S/C13H12FN3O3S.C13H12FN3OS/c1-2-21(19,20)13-16-7-10(12(15)17-13)11(18)8-4-3-5-9(14)6-8;1-2-19-13-16-7-10(12(15)17-13)11(18)8-4-3-5-9(14)6-8/h3-7H,2H2,1H3,(H2,15,16,17);3-7H,2H2,1H3,(H2,15,16,17). The lowest BCUT2D eigenvalue weighted by molar-refractivity contribution is 0.103. The zero-order chi connectivity index (χ0) is 29.4. The number of nitrogen functional groups attached to an aromatic ring is 2. The number of aromatic nitrogens is 4. The number of nitrogens with zero attached hydrogens (tertiary/aromatic N) is 4. The number of anilines is 2. The Labute approximate surface area is 233 Å². The predicted octanol–water partition coefficient (Wildman–Crippen LogP) is 3.76. The van der Waals surface area contributed by atoms with Gasteiger partial charge in [-0.2, -0.15) is 0 Å². The molecule has 2 aromatic heterocycles. The van der Waals surface area contributed by atoms with E-state index in [0.29, 0.717) is 5.16 Å². The summed E-state index contributed by atoms with van der Waals surface area (Å²) in [5.74, 6) is -1.50. The highest BCUT2D eigenvalue weighted by atomic mass is 32.2. The third kappa shape index (κ3) is 7.42. The van der Waals surface area contributed by atoms with Crippen molar-refractivity contribution in [1.29, 1.82) is 0 Å². The molecular formula is C26H24F2N6O4S2. The number of thioether (sulfide) groups is 1. The minimum atomic E-state index is -3.61. The van der Waals surface area contributed by atoms with Crippen molar-refractivity contribution in [2.75, 3.05) is 23.0 Å². The summed E-state index contributed by atoms with van der Waals surface area (Å²) in [5, 5.41) is 0.0917. The van der Waals surface area contributed by atoms with Crippen molar-refractivity contribution in [1.82, 2.24) is 19.9 Å². The van der Waals surface area contributed by atoms with Gasteiger partial charge >= 0.3 is 0 Å². The average molecular weight is 587 g/mol. The lowest BCUT2D eigenvalue weighted by Crippen LogP contribution is -2.14. The molecule has 0 aliphatic rings. The number of carbonyl (C=O) groups is 2. The first kappa shape index (κ1) is 30.2. The Morgan fingerprint density at radius 1 is 0.825 bits per heavy atom. The highest BCUT2D eigenvalue weighted by molar-refractivity contribution is 7.99. The molecule has 0 radical (unpaired) electrons. The van der Waals surface area contributed by atoms with E-state index in [1.54, 1.807) is 0 Å². The summed E-state index contributed by atoms with van der Waals surface area (Å²) in [7, 11) is -3.61. The third-order valence-corrected chi connectivity index (χ3v) is 7.44. The van der Waals surface area contributed by atoms with Gasteiger partial charge in [-0.3, -0.25) is 9.59 Å². The van der Waals surface area contributed by atoms with Crippen LogP contribution in [-0.2, 0) is 9.84 Å². The maximum atomic E-state index is 13.1. The molecule has 0 fully saturated rings. The van der Waals surface area contributed by atoms with E-state index in [4.69, 9.17) is 11.5 Å². The summed E-state index contributed by atoms with van der Waals surface area (Å²) in [6.45, 7) is 3.41. The van der Waals surface area contributed by atoms with Gasteiger partial charge in [-0.25, -0.2) is 37.1 Å². The van der Waals surface area contributed by atoms with Crippen LogP contribution in [0, 0.1) is 11.6 Å². The Morgan fingerprint density at radius 3 is 1.75 bits per heavy atom. The van der Waals surface area contributed by atoms with Crippen LogP contribution >= 0.6 is 11.8 Å². The van der Waals surface area contributed by atoms with E-state index in [2.05, 4.69) is 19.9 Å².